The number of carboxylic acids is 1. The van der Waals surface area contributed by atoms with E-state index in [0.717, 1.165) is 11.3 Å². The smallest absolute Gasteiger partial charge is 0.354 e. The second-order valence-electron chi connectivity index (χ2n) is 5.51. The molecule has 1 aliphatic heterocycles. The zero-order valence-electron chi connectivity index (χ0n) is 12.4. The summed E-state index contributed by atoms with van der Waals surface area (Å²) < 4.78 is 1.64. The number of nitrogens with zero attached hydrogens (tertiary/aromatic N) is 3. The number of aromatic carboxylic acids is 1. The van der Waals surface area contributed by atoms with Crippen LogP contribution in [-0.4, -0.2) is 37.0 Å². The van der Waals surface area contributed by atoms with E-state index in [1.807, 2.05) is 30.3 Å². The van der Waals surface area contributed by atoms with Crippen LogP contribution in [0, 0.1) is 0 Å². The molecule has 1 atom stereocenters. The van der Waals surface area contributed by atoms with Crippen LogP contribution in [0.4, 0.5) is 5.82 Å². The average molecular weight is 323 g/mol. The lowest BCUT2D eigenvalue weighted by Crippen LogP contribution is -2.25. The Labute approximate surface area is 136 Å². The van der Waals surface area contributed by atoms with Crippen molar-refractivity contribution in [2.75, 3.05) is 5.32 Å². The van der Waals surface area contributed by atoms with Crippen molar-refractivity contribution in [3.05, 3.63) is 59.5 Å². The molecule has 0 spiro atoms. The summed E-state index contributed by atoms with van der Waals surface area (Å²) >= 11 is 0. The largest absolute Gasteiger partial charge is 0.477 e. The number of H-pyrrole nitrogens is 1. The second kappa shape index (κ2) is 5.34. The molecule has 0 saturated carbocycles. The number of nitrogens with one attached hydrogen (secondary N) is 2. The normalized spacial score (nSPS) is 16.5. The van der Waals surface area contributed by atoms with Crippen LogP contribution >= 0.6 is 0 Å². The number of fused-ring (bicyclic) bond motifs is 1. The molecule has 3 aromatic rings. The zero-order chi connectivity index (χ0) is 16.7. The van der Waals surface area contributed by atoms with Gasteiger partial charge in [-0.15, -0.1) is 0 Å². The Bertz CT molecular complexity index is 928. The molecule has 1 amide bonds. The molecule has 0 radical (unpaired) electrons. The number of aromatic amines is 1. The van der Waals surface area contributed by atoms with Gasteiger partial charge in [0.15, 0.2) is 0 Å². The highest BCUT2D eigenvalue weighted by Crippen LogP contribution is 2.38. The van der Waals surface area contributed by atoms with Crippen molar-refractivity contribution in [3.63, 3.8) is 0 Å². The molecule has 0 aliphatic carbocycles. The maximum Gasteiger partial charge on any atom is 0.354 e. The van der Waals surface area contributed by atoms with E-state index in [9.17, 15) is 14.7 Å². The number of para-hydroxylation sites is 1. The first-order valence-corrected chi connectivity index (χ1v) is 7.35. The maximum absolute atomic E-state index is 12.2. The number of benzene rings is 1. The first kappa shape index (κ1) is 14.2. The lowest BCUT2D eigenvalue weighted by molar-refractivity contribution is -0.116. The summed E-state index contributed by atoms with van der Waals surface area (Å²) in [7, 11) is 0. The summed E-state index contributed by atoms with van der Waals surface area (Å²) in [6.07, 6.45) is 3.26. The van der Waals surface area contributed by atoms with E-state index in [4.69, 9.17) is 0 Å². The average Bonchev–Trinajstić information content (AvgIpc) is 3.22. The fourth-order valence-corrected chi connectivity index (χ4v) is 2.99. The summed E-state index contributed by atoms with van der Waals surface area (Å²) in [5, 5.41) is 22.8. The maximum atomic E-state index is 12.2. The van der Waals surface area contributed by atoms with Crippen LogP contribution in [0.1, 0.15) is 34.0 Å². The highest BCUT2D eigenvalue weighted by Gasteiger charge is 2.33. The Kier molecular flexibility index (Phi) is 3.16. The van der Waals surface area contributed by atoms with Gasteiger partial charge in [0.25, 0.3) is 0 Å². The number of carboxylic acid groups (broad SMARTS) is 1. The van der Waals surface area contributed by atoms with E-state index in [0.29, 0.717) is 11.4 Å². The molecular weight excluding hydrogens is 310 g/mol. The topological polar surface area (TPSA) is 113 Å². The molecule has 3 N–H and O–H groups in total. The molecule has 120 valence electrons. The van der Waals surface area contributed by atoms with Gasteiger partial charge in [0.1, 0.15) is 11.5 Å². The SMILES string of the molecule is O=C1CC(c2cn[nH]c2C(=O)O)c2cnn(-c3ccccc3)c2N1. The number of anilines is 1. The number of amides is 1. The number of carbonyl (C=O) groups is 2. The molecule has 3 heterocycles. The minimum Gasteiger partial charge on any atom is -0.477 e. The molecule has 0 fully saturated rings. The minimum absolute atomic E-state index is 0.00638. The van der Waals surface area contributed by atoms with E-state index in [2.05, 4.69) is 20.6 Å². The van der Waals surface area contributed by atoms with Crippen LogP contribution in [0.2, 0.25) is 0 Å². The molecule has 0 saturated heterocycles. The fourth-order valence-electron chi connectivity index (χ4n) is 2.99. The summed E-state index contributed by atoms with van der Waals surface area (Å²) in [6.45, 7) is 0. The lowest BCUT2D eigenvalue weighted by Gasteiger charge is -2.23. The molecule has 0 bridgehead atoms. The van der Waals surface area contributed by atoms with Gasteiger partial charge in [0.2, 0.25) is 5.91 Å². The fraction of sp³-hybridized carbons (Fsp3) is 0.125. The Hall–Kier alpha value is -3.42. The van der Waals surface area contributed by atoms with Crippen LogP contribution in [0.5, 0.6) is 0 Å². The molecule has 4 rings (SSSR count). The first-order valence-electron chi connectivity index (χ1n) is 7.35. The predicted molar refractivity (Wildman–Crippen MR) is 84.2 cm³/mol. The van der Waals surface area contributed by atoms with Gasteiger partial charge in [0, 0.05) is 23.5 Å². The number of hydrogen-bond donors (Lipinski definition) is 3. The minimum atomic E-state index is -1.11. The van der Waals surface area contributed by atoms with Gasteiger partial charge in [0.05, 0.1) is 18.1 Å². The van der Waals surface area contributed by atoms with Gasteiger partial charge >= 0.3 is 5.97 Å². The third kappa shape index (κ3) is 2.16. The van der Waals surface area contributed by atoms with E-state index < -0.39 is 11.9 Å². The number of hydrogen-bond acceptors (Lipinski definition) is 4. The predicted octanol–water partition coefficient (Wildman–Crippen LogP) is 1.77. The van der Waals surface area contributed by atoms with Crippen molar-refractivity contribution < 1.29 is 14.7 Å². The van der Waals surface area contributed by atoms with Crippen LogP contribution in [0.3, 0.4) is 0 Å². The van der Waals surface area contributed by atoms with Gasteiger partial charge in [-0.2, -0.15) is 10.2 Å². The Morgan fingerprint density at radius 3 is 2.75 bits per heavy atom. The van der Waals surface area contributed by atoms with Gasteiger partial charge < -0.3 is 10.4 Å². The van der Waals surface area contributed by atoms with Gasteiger partial charge in [-0.25, -0.2) is 9.48 Å². The monoisotopic (exact) mass is 323 g/mol. The van der Waals surface area contributed by atoms with Crippen LogP contribution < -0.4 is 5.32 Å². The van der Waals surface area contributed by atoms with Crippen molar-refractivity contribution in [2.24, 2.45) is 0 Å². The van der Waals surface area contributed by atoms with Crippen molar-refractivity contribution >= 4 is 17.7 Å². The number of rotatable bonds is 3. The first-order chi connectivity index (χ1) is 11.6. The third-order valence-electron chi connectivity index (χ3n) is 4.08. The van der Waals surface area contributed by atoms with Crippen molar-refractivity contribution in [2.45, 2.75) is 12.3 Å². The van der Waals surface area contributed by atoms with Gasteiger partial charge in [-0.3, -0.25) is 9.89 Å². The van der Waals surface area contributed by atoms with Crippen LogP contribution in [0.25, 0.3) is 5.69 Å². The highest BCUT2D eigenvalue weighted by molar-refractivity contribution is 5.95. The molecule has 1 unspecified atom stereocenters. The highest BCUT2D eigenvalue weighted by atomic mass is 16.4. The molecule has 1 aromatic carbocycles. The summed E-state index contributed by atoms with van der Waals surface area (Å²) in [6, 6.07) is 9.41. The molecule has 8 heteroatoms. The summed E-state index contributed by atoms with van der Waals surface area (Å²) in [5.74, 6) is -1.15. The van der Waals surface area contributed by atoms with E-state index in [-0.39, 0.29) is 18.0 Å². The molecule has 2 aromatic heterocycles. The van der Waals surface area contributed by atoms with Crippen molar-refractivity contribution in [3.8, 4) is 5.69 Å². The van der Waals surface area contributed by atoms with Gasteiger partial charge in [-0.05, 0) is 12.1 Å². The van der Waals surface area contributed by atoms with Crippen molar-refractivity contribution in [1.29, 1.82) is 0 Å². The Morgan fingerprint density at radius 2 is 2.00 bits per heavy atom. The summed E-state index contributed by atoms with van der Waals surface area (Å²) in [5.41, 5.74) is 2.05. The third-order valence-corrected chi connectivity index (χ3v) is 4.08. The van der Waals surface area contributed by atoms with Crippen LogP contribution in [-0.2, 0) is 4.79 Å². The number of aromatic nitrogens is 4. The second-order valence-corrected chi connectivity index (χ2v) is 5.51. The van der Waals surface area contributed by atoms with E-state index >= 15 is 0 Å². The Morgan fingerprint density at radius 1 is 1.21 bits per heavy atom. The quantitative estimate of drug-likeness (QED) is 0.680. The number of carbonyl (C=O) groups excluding carboxylic acids is 1. The van der Waals surface area contributed by atoms with E-state index in [1.54, 1.807) is 10.9 Å². The zero-order valence-corrected chi connectivity index (χ0v) is 12.4. The van der Waals surface area contributed by atoms with Crippen molar-refractivity contribution in [1.82, 2.24) is 20.0 Å². The summed E-state index contributed by atoms with van der Waals surface area (Å²) in [4.78, 5) is 23.5. The van der Waals surface area contributed by atoms with E-state index in [1.165, 1.54) is 6.20 Å². The van der Waals surface area contributed by atoms with Gasteiger partial charge in [-0.1, -0.05) is 18.2 Å². The van der Waals surface area contributed by atoms with Crippen LogP contribution in [0.15, 0.2) is 42.7 Å². The lowest BCUT2D eigenvalue weighted by atomic mass is 9.87. The Balaban J connectivity index is 1.84. The standard InChI is InChI=1S/C16H13N5O3/c22-13-6-10(11-7-17-20-14(11)16(23)24)12-8-18-21(15(12)19-13)9-4-2-1-3-5-9/h1-5,7-8,10H,6H2,(H,17,20)(H,19,22)(H,23,24). The molecule has 24 heavy (non-hydrogen) atoms. The molecule has 1 aliphatic rings. The molecular formula is C16H13N5O3. The molecule has 8 nitrogen and oxygen atoms in total.